The van der Waals surface area contributed by atoms with Crippen LogP contribution in [0.15, 0.2) is 60.7 Å². The van der Waals surface area contributed by atoms with E-state index in [1.807, 2.05) is 12.1 Å². The third-order valence-corrected chi connectivity index (χ3v) is 11.9. The summed E-state index contributed by atoms with van der Waals surface area (Å²) in [4.78, 5) is 40.0. The van der Waals surface area contributed by atoms with Crippen molar-refractivity contribution in [3.63, 3.8) is 0 Å². The summed E-state index contributed by atoms with van der Waals surface area (Å²) >= 11 is 0. The highest BCUT2D eigenvalue weighted by Crippen LogP contribution is 2.21. The summed E-state index contributed by atoms with van der Waals surface area (Å²) < 4.78 is 55.1. The zero-order chi connectivity index (χ0) is 43.8. The van der Waals surface area contributed by atoms with Crippen molar-refractivity contribution >= 4 is 28.2 Å². The number of aryl methyl sites for hydroxylation is 2. The van der Waals surface area contributed by atoms with E-state index < -0.39 is 52.6 Å². The van der Waals surface area contributed by atoms with Crippen LogP contribution in [0.1, 0.15) is 179 Å². The molecule has 344 valence electrons. The molecule has 61 heavy (non-hydrogen) atoms. The van der Waals surface area contributed by atoms with Crippen LogP contribution in [0.25, 0.3) is 0 Å². The number of carbonyl (C=O) groups excluding carboxylic acids is 3. The van der Waals surface area contributed by atoms with Crippen LogP contribution in [0.4, 0.5) is 0 Å². The summed E-state index contributed by atoms with van der Waals surface area (Å²) in [6, 6.07) is 19.9. The molecule has 0 saturated carbocycles. The van der Waals surface area contributed by atoms with E-state index in [0.717, 1.165) is 96.3 Å². The number of unbranched alkanes of at least 4 members (excludes halogenated alkanes) is 19. The summed E-state index contributed by atoms with van der Waals surface area (Å²) in [6.45, 7) is 1.84. The molecule has 1 amide bonds. The van der Waals surface area contributed by atoms with Gasteiger partial charge >= 0.3 is 22.3 Å². The molecular formula is C49H77NO10S. The Morgan fingerprint density at radius 1 is 0.639 bits per heavy atom. The van der Waals surface area contributed by atoms with Gasteiger partial charge < -0.3 is 19.5 Å². The molecule has 0 radical (unpaired) electrons. The average Bonchev–Trinajstić information content (AvgIpc) is 3.24. The first-order valence-electron chi connectivity index (χ1n) is 23.6. The zero-order valence-corrected chi connectivity index (χ0v) is 37.9. The number of rotatable bonds is 35. The Kier molecular flexibility index (Phi) is 27.6. The molecule has 2 aromatic rings. The molecule has 4 atom stereocenters. The molecule has 12 heteroatoms. The van der Waals surface area contributed by atoms with Crippen molar-refractivity contribution in [1.82, 2.24) is 5.32 Å². The number of esters is 2. The van der Waals surface area contributed by atoms with Gasteiger partial charge in [-0.2, -0.15) is 8.42 Å². The van der Waals surface area contributed by atoms with Gasteiger partial charge in [-0.15, -0.1) is 0 Å². The lowest BCUT2D eigenvalue weighted by Gasteiger charge is -2.37. The third-order valence-electron chi connectivity index (χ3n) is 11.4. The molecule has 1 aliphatic heterocycles. The molecule has 2 N–H and O–H groups in total. The van der Waals surface area contributed by atoms with Crippen LogP contribution in [0.3, 0.4) is 0 Å². The second-order valence-corrected chi connectivity index (χ2v) is 17.9. The minimum absolute atomic E-state index is 0.0950. The number of carbonyl (C=O) groups is 3. The van der Waals surface area contributed by atoms with E-state index in [4.69, 9.17) is 18.4 Å². The zero-order valence-electron chi connectivity index (χ0n) is 37.1. The number of amides is 1. The maximum atomic E-state index is 13.8. The van der Waals surface area contributed by atoms with Crippen LogP contribution in [-0.4, -0.2) is 68.4 Å². The van der Waals surface area contributed by atoms with Gasteiger partial charge in [-0.25, -0.2) is 4.18 Å². The predicted octanol–water partition coefficient (Wildman–Crippen LogP) is 10.8. The highest BCUT2D eigenvalue weighted by molar-refractivity contribution is 7.80. The van der Waals surface area contributed by atoms with Gasteiger partial charge in [0.2, 0.25) is 0 Å². The largest absolute Gasteiger partial charge is 0.457 e. The lowest BCUT2D eigenvalue weighted by Crippen LogP contribution is -2.60. The number of nitrogens with one attached hydrogen (secondary N) is 1. The summed E-state index contributed by atoms with van der Waals surface area (Å²) in [5, 5.41) is 2.82. The Bertz CT molecular complexity index is 1560. The summed E-state index contributed by atoms with van der Waals surface area (Å²) in [6.07, 6.45) is 21.8. The minimum Gasteiger partial charge on any atom is -0.457 e. The standard InChI is InChI=1S/C49H77NO10S/c1-2-3-4-5-6-7-8-9-16-27-36-44(58-46(51)37-28-17-12-10-14-21-30-41-32-23-19-24-33-41)49(53)50-43-39-57-40-45(60-61(54,55)56)48(43)59-47(52)38-29-18-13-11-15-22-31-42-34-25-20-26-35-42/h19-20,23-26,32-35,43-45,48H,2-18,21-22,27-31,36-40H2,1H3,(H,50,53)(H,54,55,56)/t43-,44?,45+,48+/m0/s1. The average molecular weight is 872 g/mol. The fourth-order valence-corrected chi connectivity index (χ4v) is 8.42. The number of hydrogen-bond acceptors (Lipinski definition) is 9. The van der Waals surface area contributed by atoms with Crippen LogP contribution in [0.2, 0.25) is 0 Å². The van der Waals surface area contributed by atoms with Crippen molar-refractivity contribution in [2.75, 3.05) is 13.2 Å². The van der Waals surface area contributed by atoms with Crippen LogP contribution < -0.4 is 5.32 Å². The Labute approximate surface area is 367 Å². The molecule has 1 saturated heterocycles. The summed E-state index contributed by atoms with van der Waals surface area (Å²) in [7, 11) is -4.94. The van der Waals surface area contributed by atoms with E-state index in [1.165, 1.54) is 49.7 Å². The molecule has 0 bridgehead atoms. The van der Waals surface area contributed by atoms with Crippen molar-refractivity contribution in [2.24, 2.45) is 0 Å². The van der Waals surface area contributed by atoms with Crippen molar-refractivity contribution in [3.05, 3.63) is 71.8 Å². The van der Waals surface area contributed by atoms with Crippen molar-refractivity contribution < 1.29 is 45.7 Å². The normalized spacial score (nSPS) is 17.1. The van der Waals surface area contributed by atoms with E-state index in [2.05, 4.69) is 60.8 Å². The van der Waals surface area contributed by atoms with Gasteiger partial charge in [-0.3, -0.25) is 18.9 Å². The number of hydrogen-bond donors (Lipinski definition) is 2. The van der Waals surface area contributed by atoms with E-state index in [-0.39, 0.29) is 26.1 Å². The molecule has 0 aliphatic carbocycles. The van der Waals surface area contributed by atoms with Gasteiger partial charge in [0.15, 0.2) is 12.2 Å². The van der Waals surface area contributed by atoms with Crippen LogP contribution in [0, 0.1) is 0 Å². The van der Waals surface area contributed by atoms with Gasteiger partial charge in [0.25, 0.3) is 5.91 Å². The molecule has 0 aromatic heterocycles. The molecule has 3 rings (SSSR count). The van der Waals surface area contributed by atoms with Gasteiger partial charge in [0.1, 0.15) is 6.10 Å². The Hall–Kier alpha value is -3.32. The summed E-state index contributed by atoms with van der Waals surface area (Å²) in [5.41, 5.74) is 2.68. The first-order chi connectivity index (χ1) is 29.6. The van der Waals surface area contributed by atoms with E-state index in [0.29, 0.717) is 25.7 Å². The molecule has 1 aliphatic rings. The Morgan fingerprint density at radius 2 is 1.10 bits per heavy atom. The molecule has 11 nitrogen and oxygen atoms in total. The van der Waals surface area contributed by atoms with Crippen LogP contribution >= 0.6 is 0 Å². The first-order valence-corrected chi connectivity index (χ1v) is 25.0. The smallest absolute Gasteiger partial charge is 0.397 e. The third kappa shape index (κ3) is 25.4. The second-order valence-electron chi connectivity index (χ2n) is 16.8. The fourth-order valence-electron chi connectivity index (χ4n) is 7.95. The van der Waals surface area contributed by atoms with Gasteiger partial charge in [-0.05, 0) is 62.5 Å². The van der Waals surface area contributed by atoms with E-state index >= 15 is 0 Å². The lowest BCUT2D eigenvalue weighted by molar-refractivity contribution is -0.171. The van der Waals surface area contributed by atoms with Gasteiger partial charge in [0.05, 0.1) is 19.3 Å². The number of ether oxygens (including phenoxy) is 3. The Morgan fingerprint density at radius 3 is 1.61 bits per heavy atom. The van der Waals surface area contributed by atoms with Gasteiger partial charge in [0, 0.05) is 12.8 Å². The molecule has 1 unspecified atom stereocenters. The maximum absolute atomic E-state index is 13.8. The maximum Gasteiger partial charge on any atom is 0.397 e. The van der Waals surface area contributed by atoms with Crippen molar-refractivity contribution in [3.8, 4) is 0 Å². The summed E-state index contributed by atoms with van der Waals surface area (Å²) in [5.74, 6) is -1.58. The molecular weight excluding hydrogens is 795 g/mol. The highest BCUT2D eigenvalue weighted by atomic mass is 32.3. The minimum atomic E-state index is -4.94. The Balaban J connectivity index is 1.49. The topological polar surface area (TPSA) is 155 Å². The first kappa shape index (κ1) is 52.0. The second kappa shape index (κ2) is 32.4. The monoisotopic (exact) mass is 872 g/mol. The molecule has 1 fully saturated rings. The van der Waals surface area contributed by atoms with Gasteiger partial charge in [-0.1, -0.05) is 177 Å². The molecule has 2 aromatic carbocycles. The van der Waals surface area contributed by atoms with Crippen LogP contribution in [-0.2, 0) is 56.0 Å². The quantitative estimate of drug-likeness (QED) is 0.0388. The number of benzene rings is 2. The molecule has 0 spiro atoms. The van der Waals surface area contributed by atoms with E-state index in [1.54, 1.807) is 0 Å². The fraction of sp³-hybridized carbons (Fsp3) is 0.694. The highest BCUT2D eigenvalue weighted by Gasteiger charge is 2.42. The van der Waals surface area contributed by atoms with Crippen LogP contribution in [0.5, 0.6) is 0 Å². The van der Waals surface area contributed by atoms with E-state index in [9.17, 15) is 27.4 Å². The predicted molar refractivity (Wildman–Crippen MR) is 240 cm³/mol. The lowest BCUT2D eigenvalue weighted by atomic mass is 10.0. The SMILES string of the molecule is CCCCCCCCCCCCC(OC(=O)CCCCCCCCc1ccccc1)C(=O)N[C@H]1COC[C@@H](OS(=O)(=O)O)[C@@H]1OC(=O)CCCCCCCCc1ccccc1. The van der Waals surface area contributed by atoms with Crippen molar-refractivity contribution in [1.29, 1.82) is 0 Å². The molecule has 1 heterocycles. The van der Waals surface area contributed by atoms with Crippen molar-refractivity contribution in [2.45, 2.75) is 205 Å².